The normalized spacial score (nSPS) is 10.8. The molecule has 0 N–H and O–H groups in total. The molecule has 0 saturated heterocycles. The minimum absolute atomic E-state index is 0.315. The van der Waals surface area contributed by atoms with Gasteiger partial charge in [0, 0.05) is 5.39 Å². The van der Waals surface area contributed by atoms with Crippen LogP contribution in [0.5, 0.6) is 0 Å². The lowest BCUT2D eigenvalue weighted by Gasteiger charge is -2.21. The number of hydrogen-bond donors (Lipinski definition) is 0. The van der Waals surface area contributed by atoms with Gasteiger partial charge < -0.3 is 4.74 Å². The number of esters is 1. The molecule has 28 heavy (non-hydrogen) atoms. The summed E-state index contributed by atoms with van der Waals surface area (Å²) in [6, 6.07) is 26.5. The third-order valence-electron chi connectivity index (χ3n) is 5.43. The second-order valence-electron chi connectivity index (χ2n) is 6.95. The number of benzene rings is 4. The van der Waals surface area contributed by atoms with Gasteiger partial charge in [-0.3, -0.25) is 0 Å². The van der Waals surface area contributed by atoms with E-state index in [0.717, 1.165) is 27.5 Å². The zero-order chi connectivity index (χ0) is 19.7. The summed E-state index contributed by atoms with van der Waals surface area (Å²) in [6.45, 7) is 4.30. The smallest absolute Gasteiger partial charge is 0.338 e. The first-order valence-electron chi connectivity index (χ1n) is 9.38. The fraction of sp³-hybridized carbons (Fsp3) is 0.115. The maximum atomic E-state index is 12.6. The van der Waals surface area contributed by atoms with Crippen molar-refractivity contribution in [2.24, 2.45) is 0 Å². The average Bonchev–Trinajstić information content (AvgIpc) is 2.75. The van der Waals surface area contributed by atoms with Crippen molar-refractivity contribution in [3.63, 3.8) is 0 Å². The molecule has 0 spiro atoms. The van der Waals surface area contributed by atoms with E-state index < -0.39 is 0 Å². The molecule has 2 heteroatoms. The van der Waals surface area contributed by atoms with Gasteiger partial charge in [-0.25, -0.2) is 4.79 Å². The van der Waals surface area contributed by atoms with E-state index in [4.69, 9.17) is 4.74 Å². The number of methoxy groups -OCH3 is 1. The van der Waals surface area contributed by atoms with E-state index in [1.54, 1.807) is 0 Å². The van der Waals surface area contributed by atoms with Crippen LogP contribution in [0.4, 0.5) is 0 Å². The lowest BCUT2D eigenvalue weighted by molar-refractivity contribution is 0.0603. The molecule has 0 aromatic heterocycles. The zero-order valence-corrected chi connectivity index (χ0v) is 16.3. The predicted octanol–water partition coefficient (Wildman–Crippen LogP) is 6.58. The van der Waals surface area contributed by atoms with Gasteiger partial charge in [-0.15, -0.1) is 0 Å². The molecule has 0 aliphatic carbocycles. The maximum absolute atomic E-state index is 12.6. The Morgan fingerprint density at radius 2 is 1.21 bits per heavy atom. The Hall–Kier alpha value is -3.39. The highest BCUT2D eigenvalue weighted by molar-refractivity contribution is 6.16. The van der Waals surface area contributed by atoms with Crippen LogP contribution in [0, 0.1) is 13.8 Å². The van der Waals surface area contributed by atoms with E-state index in [9.17, 15) is 4.79 Å². The van der Waals surface area contributed by atoms with Crippen LogP contribution in [0.1, 0.15) is 21.5 Å². The van der Waals surface area contributed by atoms with Crippen LogP contribution < -0.4 is 0 Å². The molecule has 138 valence electrons. The highest BCUT2D eigenvalue weighted by Crippen LogP contribution is 2.42. The number of hydrogen-bond acceptors (Lipinski definition) is 2. The first-order valence-corrected chi connectivity index (χ1v) is 9.38. The molecule has 0 bridgehead atoms. The zero-order valence-electron chi connectivity index (χ0n) is 16.3. The Morgan fingerprint density at radius 3 is 1.79 bits per heavy atom. The predicted molar refractivity (Wildman–Crippen MR) is 116 cm³/mol. The minimum Gasteiger partial charge on any atom is -0.465 e. The first-order chi connectivity index (χ1) is 13.6. The van der Waals surface area contributed by atoms with E-state index in [1.807, 2.05) is 48.5 Å². The van der Waals surface area contributed by atoms with Gasteiger partial charge in [0.2, 0.25) is 0 Å². The third-order valence-corrected chi connectivity index (χ3v) is 5.43. The van der Waals surface area contributed by atoms with Crippen molar-refractivity contribution in [2.75, 3.05) is 7.11 Å². The summed E-state index contributed by atoms with van der Waals surface area (Å²) >= 11 is 0. The number of carbonyl (C=O) groups excluding carboxylic acids is 1. The Bertz CT molecular complexity index is 1160. The summed E-state index contributed by atoms with van der Waals surface area (Å²) in [5.74, 6) is -0.315. The van der Waals surface area contributed by atoms with Crippen LogP contribution in [-0.2, 0) is 4.74 Å². The largest absolute Gasteiger partial charge is 0.465 e. The average molecular weight is 366 g/mol. The lowest BCUT2D eigenvalue weighted by Crippen LogP contribution is -2.05. The van der Waals surface area contributed by atoms with E-state index in [0.29, 0.717) is 5.56 Å². The molecule has 4 aromatic carbocycles. The second kappa shape index (κ2) is 7.32. The summed E-state index contributed by atoms with van der Waals surface area (Å²) in [6.07, 6.45) is 0. The van der Waals surface area contributed by atoms with Crippen molar-refractivity contribution in [2.45, 2.75) is 13.8 Å². The van der Waals surface area contributed by atoms with Gasteiger partial charge >= 0.3 is 5.97 Å². The Labute approximate surface area is 165 Å². The fourth-order valence-corrected chi connectivity index (χ4v) is 4.02. The van der Waals surface area contributed by atoms with E-state index in [1.165, 1.54) is 23.8 Å². The minimum atomic E-state index is -0.315. The second-order valence-corrected chi connectivity index (χ2v) is 6.95. The van der Waals surface area contributed by atoms with E-state index >= 15 is 0 Å². The number of rotatable bonds is 3. The maximum Gasteiger partial charge on any atom is 0.338 e. The highest BCUT2D eigenvalue weighted by Gasteiger charge is 2.21. The quantitative estimate of drug-likeness (QED) is 0.383. The number of fused-ring (bicyclic) bond motifs is 1. The van der Waals surface area contributed by atoms with Crippen LogP contribution in [0.15, 0.2) is 78.9 Å². The van der Waals surface area contributed by atoms with Gasteiger partial charge in [0.1, 0.15) is 0 Å². The van der Waals surface area contributed by atoms with E-state index in [-0.39, 0.29) is 5.97 Å². The molecule has 2 nitrogen and oxygen atoms in total. The van der Waals surface area contributed by atoms with Crippen LogP contribution >= 0.6 is 0 Å². The number of ether oxygens (including phenoxy) is 1. The Balaban J connectivity index is 2.22. The van der Waals surface area contributed by atoms with Crippen LogP contribution in [0.2, 0.25) is 0 Å². The summed E-state index contributed by atoms with van der Waals surface area (Å²) < 4.78 is 5.11. The molecule has 0 atom stereocenters. The van der Waals surface area contributed by atoms with Crippen molar-refractivity contribution in [3.05, 3.63) is 95.6 Å². The fourth-order valence-electron chi connectivity index (χ4n) is 4.02. The molecule has 0 aliphatic heterocycles. The summed E-state index contributed by atoms with van der Waals surface area (Å²) in [5.41, 5.74) is 7.50. The molecule has 0 radical (unpaired) electrons. The van der Waals surface area contributed by atoms with Gasteiger partial charge in [-0.05, 0) is 58.7 Å². The van der Waals surface area contributed by atoms with Crippen LogP contribution in [0.3, 0.4) is 0 Å². The van der Waals surface area contributed by atoms with Gasteiger partial charge in [0.05, 0.1) is 12.7 Å². The molecule has 0 unspecified atom stereocenters. The molecule has 0 amide bonds. The van der Waals surface area contributed by atoms with Crippen LogP contribution in [0.25, 0.3) is 33.0 Å². The molecule has 0 saturated carbocycles. The highest BCUT2D eigenvalue weighted by atomic mass is 16.5. The Morgan fingerprint density at radius 1 is 0.679 bits per heavy atom. The van der Waals surface area contributed by atoms with Crippen LogP contribution in [-0.4, -0.2) is 13.1 Å². The molecular weight excluding hydrogens is 344 g/mol. The molecule has 4 aromatic rings. The molecule has 0 aliphatic rings. The lowest BCUT2D eigenvalue weighted by atomic mass is 9.83. The molecule has 0 fully saturated rings. The van der Waals surface area contributed by atoms with Crippen molar-refractivity contribution < 1.29 is 9.53 Å². The van der Waals surface area contributed by atoms with Gasteiger partial charge in [-0.1, -0.05) is 72.8 Å². The standard InChI is InChI=1S/C26H22O2/c1-17-18(2)24(20-13-8-5-9-14-20)25-21(15-10-16-22(25)26(27)28-3)23(17)19-11-6-4-7-12-19/h4-16H,1-3H3. The molecule has 4 rings (SSSR count). The van der Waals surface area contributed by atoms with Crippen molar-refractivity contribution in [1.29, 1.82) is 0 Å². The van der Waals surface area contributed by atoms with Gasteiger partial charge in [0.25, 0.3) is 0 Å². The van der Waals surface area contributed by atoms with Crippen molar-refractivity contribution in [3.8, 4) is 22.3 Å². The first kappa shape index (κ1) is 18.0. The summed E-state index contributed by atoms with van der Waals surface area (Å²) in [5, 5.41) is 2.01. The summed E-state index contributed by atoms with van der Waals surface area (Å²) in [7, 11) is 1.43. The van der Waals surface area contributed by atoms with Gasteiger partial charge in [0.15, 0.2) is 0 Å². The topological polar surface area (TPSA) is 26.3 Å². The SMILES string of the molecule is COC(=O)c1cccc2c(-c3ccccc3)c(C)c(C)c(-c3ccccc3)c12. The van der Waals surface area contributed by atoms with E-state index in [2.05, 4.69) is 44.2 Å². The van der Waals surface area contributed by atoms with Crippen molar-refractivity contribution in [1.82, 2.24) is 0 Å². The van der Waals surface area contributed by atoms with Gasteiger partial charge in [-0.2, -0.15) is 0 Å². The molecule has 0 heterocycles. The third kappa shape index (κ3) is 2.87. The summed E-state index contributed by atoms with van der Waals surface area (Å²) in [4.78, 5) is 12.6. The molecular formula is C26H22O2. The van der Waals surface area contributed by atoms with Crippen molar-refractivity contribution >= 4 is 16.7 Å². The monoisotopic (exact) mass is 366 g/mol. The Kier molecular flexibility index (Phi) is 4.70. The number of carbonyl (C=O) groups is 1.